The van der Waals surface area contributed by atoms with Crippen molar-refractivity contribution in [2.45, 2.75) is 27.4 Å². The fourth-order valence-corrected chi connectivity index (χ4v) is 1.41. The van der Waals surface area contributed by atoms with Gasteiger partial charge in [-0.3, -0.25) is 4.79 Å². The van der Waals surface area contributed by atoms with E-state index in [-0.39, 0.29) is 6.61 Å². The van der Waals surface area contributed by atoms with E-state index in [2.05, 4.69) is 15.2 Å². The first-order valence-electron chi connectivity index (χ1n) is 5.37. The number of amides is 1. The van der Waals surface area contributed by atoms with Gasteiger partial charge in [0.05, 0.1) is 5.71 Å². The monoisotopic (exact) mass is 246 g/mol. The average molecular weight is 246 g/mol. The summed E-state index contributed by atoms with van der Waals surface area (Å²) in [5.74, 6) is -0.614. The van der Waals surface area contributed by atoms with Gasteiger partial charge in [0.2, 0.25) is 5.91 Å². The third-order valence-electron chi connectivity index (χ3n) is 2.23. The maximum Gasteiger partial charge on any atom is 0.249 e. The highest BCUT2D eigenvalue weighted by atomic mass is 16.6. The Hall–Kier alpha value is -2.33. The molecule has 0 N–H and O–H groups in total. The molecule has 94 valence electrons. The number of rotatable bonds is 4. The number of hydrogen-bond donors (Lipinski definition) is 0. The largest absolute Gasteiger partial charge is 0.391 e. The molecule has 0 aliphatic carbocycles. The van der Waals surface area contributed by atoms with E-state index in [4.69, 9.17) is 10.4 Å². The predicted octanol–water partition coefficient (Wildman–Crippen LogP) is 3.36. The molecule has 18 heavy (non-hydrogen) atoms. The van der Waals surface area contributed by atoms with Gasteiger partial charge >= 0.3 is 0 Å². The van der Waals surface area contributed by atoms with Gasteiger partial charge < -0.3 is 4.84 Å². The van der Waals surface area contributed by atoms with Gasteiger partial charge in [0.1, 0.15) is 6.61 Å². The number of oxime groups is 1. The molecule has 1 aromatic rings. The lowest BCUT2D eigenvalue weighted by molar-refractivity contribution is 0.0988. The summed E-state index contributed by atoms with van der Waals surface area (Å²) < 4.78 is 0. The Bertz CT molecular complexity index is 527. The minimum atomic E-state index is -0.614. The fourth-order valence-electron chi connectivity index (χ4n) is 1.41. The molecule has 0 bridgehead atoms. The van der Waals surface area contributed by atoms with Crippen molar-refractivity contribution in [1.82, 2.24) is 0 Å². The number of nitrogens with zero attached hydrogens (tertiary/aromatic N) is 4. The molecule has 6 nitrogen and oxygen atoms in total. The number of carbonyl (C=O) groups is 1. The Kier molecular flexibility index (Phi) is 4.90. The van der Waals surface area contributed by atoms with Crippen LogP contribution in [0.2, 0.25) is 0 Å². The molecule has 0 aliphatic heterocycles. The number of hydrogen-bond acceptors (Lipinski definition) is 3. The van der Waals surface area contributed by atoms with Crippen molar-refractivity contribution in [3.8, 4) is 0 Å². The molecule has 0 fully saturated rings. The van der Waals surface area contributed by atoms with E-state index in [1.807, 2.05) is 26.8 Å². The van der Waals surface area contributed by atoms with Gasteiger partial charge in [0, 0.05) is 16.0 Å². The third-order valence-corrected chi connectivity index (χ3v) is 2.23. The minimum absolute atomic E-state index is 0.167. The van der Waals surface area contributed by atoms with Crippen molar-refractivity contribution < 1.29 is 9.63 Å². The molecule has 0 aromatic heterocycles. The lowest BCUT2D eigenvalue weighted by atomic mass is 10.0. The van der Waals surface area contributed by atoms with Crippen LogP contribution >= 0.6 is 0 Å². The lowest BCUT2D eigenvalue weighted by Gasteiger charge is -2.09. The average Bonchev–Trinajstić information content (AvgIpc) is 2.31. The standard InChI is InChI=1S/C12H14N4O2/c1-8(2)15-18-7-11-9(3)5-4-6-10(11)12(17)14-16-13/h4-6H,7H2,1-3H3. The first-order chi connectivity index (χ1) is 8.56. The van der Waals surface area contributed by atoms with Crippen LogP contribution in [0.1, 0.15) is 35.3 Å². The zero-order valence-electron chi connectivity index (χ0n) is 10.5. The molecule has 0 aliphatic rings. The Morgan fingerprint density at radius 1 is 1.44 bits per heavy atom. The predicted molar refractivity (Wildman–Crippen MR) is 68.2 cm³/mol. The minimum Gasteiger partial charge on any atom is -0.391 e. The summed E-state index contributed by atoms with van der Waals surface area (Å²) in [6.07, 6.45) is 0. The SMILES string of the molecule is CC(C)=NOCc1c(C)cccc1C(=O)N=[N+]=[N-]. The van der Waals surface area contributed by atoms with Crippen LogP contribution in [0.4, 0.5) is 0 Å². The van der Waals surface area contributed by atoms with Crippen LogP contribution in [0.25, 0.3) is 10.4 Å². The van der Waals surface area contributed by atoms with Gasteiger partial charge in [0.15, 0.2) is 0 Å². The van der Waals surface area contributed by atoms with Crippen molar-refractivity contribution in [3.05, 3.63) is 45.3 Å². The fraction of sp³-hybridized carbons (Fsp3) is 0.333. The van der Waals surface area contributed by atoms with Crippen molar-refractivity contribution >= 4 is 11.6 Å². The van der Waals surface area contributed by atoms with Crippen LogP contribution < -0.4 is 0 Å². The van der Waals surface area contributed by atoms with Crippen molar-refractivity contribution in [2.75, 3.05) is 0 Å². The first kappa shape index (κ1) is 13.7. The van der Waals surface area contributed by atoms with Crippen LogP contribution in [-0.4, -0.2) is 11.6 Å². The first-order valence-corrected chi connectivity index (χ1v) is 5.37. The topological polar surface area (TPSA) is 87.4 Å². The highest BCUT2D eigenvalue weighted by molar-refractivity contribution is 5.96. The zero-order valence-corrected chi connectivity index (χ0v) is 10.5. The van der Waals surface area contributed by atoms with Crippen molar-refractivity contribution in [2.24, 2.45) is 10.3 Å². The summed E-state index contributed by atoms with van der Waals surface area (Å²) in [4.78, 5) is 19.2. The van der Waals surface area contributed by atoms with E-state index in [1.54, 1.807) is 12.1 Å². The molecule has 0 atom stereocenters. The summed E-state index contributed by atoms with van der Waals surface area (Å²) in [5.41, 5.74) is 11.0. The highest BCUT2D eigenvalue weighted by Crippen LogP contribution is 2.17. The third kappa shape index (κ3) is 3.61. The summed E-state index contributed by atoms with van der Waals surface area (Å²) in [6.45, 7) is 5.64. The number of carbonyl (C=O) groups excluding carboxylic acids is 1. The molecule has 0 radical (unpaired) electrons. The number of benzene rings is 1. The highest BCUT2D eigenvalue weighted by Gasteiger charge is 2.12. The summed E-state index contributed by atoms with van der Waals surface area (Å²) in [6, 6.07) is 5.19. The summed E-state index contributed by atoms with van der Waals surface area (Å²) in [7, 11) is 0. The van der Waals surface area contributed by atoms with Gasteiger partial charge in [-0.15, -0.1) is 0 Å². The normalized spacial score (nSPS) is 9.28. The second kappa shape index (κ2) is 6.42. The van der Waals surface area contributed by atoms with Gasteiger partial charge in [0.25, 0.3) is 0 Å². The second-order valence-corrected chi connectivity index (χ2v) is 3.91. The van der Waals surface area contributed by atoms with Crippen LogP contribution in [0.3, 0.4) is 0 Å². The Labute approximate surface area is 105 Å². The maximum absolute atomic E-state index is 11.6. The summed E-state index contributed by atoms with van der Waals surface area (Å²) in [5, 5.41) is 6.90. The second-order valence-electron chi connectivity index (χ2n) is 3.91. The molecule has 0 spiro atoms. The molecule has 0 heterocycles. The molecule has 0 saturated heterocycles. The van der Waals surface area contributed by atoms with E-state index in [0.29, 0.717) is 11.1 Å². The quantitative estimate of drug-likeness (QED) is 0.268. The molecule has 0 unspecified atom stereocenters. The van der Waals surface area contributed by atoms with Crippen LogP contribution in [0.5, 0.6) is 0 Å². The van der Waals surface area contributed by atoms with E-state index in [9.17, 15) is 4.79 Å². The van der Waals surface area contributed by atoms with E-state index >= 15 is 0 Å². The zero-order chi connectivity index (χ0) is 13.5. The van der Waals surface area contributed by atoms with Gasteiger partial charge in [-0.1, -0.05) is 23.4 Å². The molecule has 0 saturated carbocycles. The van der Waals surface area contributed by atoms with Crippen LogP contribution in [0.15, 0.2) is 28.5 Å². The van der Waals surface area contributed by atoms with Gasteiger partial charge in [-0.2, -0.15) is 0 Å². The number of aryl methyl sites for hydroxylation is 1. The van der Waals surface area contributed by atoms with Gasteiger partial charge in [-0.05, 0) is 37.0 Å². The maximum atomic E-state index is 11.6. The van der Waals surface area contributed by atoms with Gasteiger partial charge in [-0.25, -0.2) is 0 Å². The Morgan fingerprint density at radius 3 is 2.78 bits per heavy atom. The molecular weight excluding hydrogens is 232 g/mol. The van der Waals surface area contributed by atoms with Crippen LogP contribution in [-0.2, 0) is 11.4 Å². The van der Waals surface area contributed by atoms with E-state index in [1.165, 1.54) is 0 Å². The van der Waals surface area contributed by atoms with E-state index < -0.39 is 5.91 Å². The molecule has 1 aromatic carbocycles. The lowest BCUT2D eigenvalue weighted by Crippen LogP contribution is -2.04. The summed E-state index contributed by atoms with van der Waals surface area (Å²) >= 11 is 0. The molecule has 1 amide bonds. The van der Waals surface area contributed by atoms with Crippen LogP contribution in [0, 0.1) is 6.92 Å². The van der Waals surface area contributed by atoms with Crippen molar-refractivity contribution in [3.63, 3.8) is 0 Å². The molecule has 1 rings (SSSR count). The van der Waals surface area contributed by atoms with E-state index in [0.717, 1.165) is 11.3 Å². The van der Waals surface area contributed by atoms with Crippen molar-refractivity contribution in [1.29, 1.82) is 0 Å². The Morgan fingerprint density at radius 2 is 2.17 bits per heavy atom. The molecular formula is C12H14N4O2. The molecule has 6 heteroatoms. The number of azide groups is 1. The smallest absolute Gasteiger partial charge is 0.249 e. The Balaban J connectivity index is 3.04.